The maximum absolute atomic E-state index is 12.9. The van der Waals surface area contributed by atoms with E-state index in [0.717, 1.165) is 22.4 Å². The van der Waals surface area contributed by atoms with Crippen LogP contribution in [0, 0.1) is 13.8 Å². The van der Waals surface area contributed by atoms with Gasteiger partial charge in [0.15, 0.2) is 15.0 Å². The minimum Gasteiger partial charge on any atom is -0.325 e. The largest absolute Gasteiger partial charge is 0.325 e. The molecule has 1 aromatic heterocycles. The third-order valence-electron chi connectivity index (χ3n) is 5.33. The first-order chi connectivity index (χ1) is 16.1. The Morgan fingerprint density at radius 1 is 1.15 bits per heavy atom. The zero-order chi connectivity index (χ0) is 24.9. The van der Waals surface area contributed by atoms with Gasteiger partial charge >= 0.3 is 0 Å². The third-order valence-corrected chi connectivity index (χ3v) is 7.92. The Balaban J connectivity index is 1.75. The molecule has 0 atom stereocenters. The van der Waals surface area contributed by atoms with E-state index in [1.807, 2.05) is 32.0 Å². The van der Waals surface area contributed by atoms with Gasteiger partial charge in [-0.05, 0) is 43.0 Å². The predicted molar refractivity (Wildman–Crippen MR) is 137 cm³/mol. The van der Waals surface area contributed by atoms with Crippen molar-refractivity contribution in [2.45, 2.75) is 56.0 Å². The van der Waals surface area contributed by atoms with Crippen LogP contribution in [0.5, 0.6) is 0 Å². The summed E-state index contributed by atoms with van der Waals surface area (Å²) in [6.07, 6.45) is 1.65. The number of allylic oxidation sites excluding steroid dienone is 1. The van der Waals surface area contributed by atoms with Crippen LogP contribution >= 0.6 is 11.8 Å². The van der Waals surface area contributed by atoms with Gasteiger partial charge in [-0.25, -0.2) is 8.42 Å². The Morgan fingerprint density at radius 3 is 2.50 bits per heavy atom. The Kier molecular flexibility index (Phi) is 8.33. The predicted octanol–water partition coefficient (Wildman–Crippen LogP) is 4.91. The first-order valence-electron chi connectivity index (χ1n) is 11.0. The molecule has 0 saturated carbocycles. The fraction of sp³-hybridized carbons (Fsp3) is 0.320. The number of thioether (sulfide) groups is 1. The second-order valence-corrected chi connectivity index (χ2v) is 11.3. The van der Waals surface area contributed by atoms with Crippen LogP contribution in [0.3, 0.4) is 0 Å². The molecule has 0 bridgehead atoms. The molecular weight excluding hydrogens is 468 g/mol. The summed E-state index contributed by atoms with van der Waals surface area (Å²) in [5, 5.41) is 11.8. The number of para-hydroxylation sites is 1. The first-order valence-corrected chi connectivity index (χ1v) is 13.6. The number of aromatic nitrogens is 3. The van der Waals surface area contributed by atoms with Gasteiger partial charge in [0.2, 0.25) is 5.91 Å². The number of hydrogen-bond donors (Lipinski definition) is 1. The molecule has 1 amide bonds. The Hall–Kier alpha value is -2.91. The van der Waals surface area contributed by atoms with E-state index in [2.05, 4.69) is 35.9 Å². The number of anilines is 1. The van der Waals surface area contributed by atoms with Gasteiger partial charge < -0.3 is 9.88 Å². The van der Waals surface area contributed by atoms with Crippen LogP contribution in [-0.2, 0) is 26.9 Å². The van der Waals surface area contributed by atoms with Crippen LogP contribution in [0.4, 0.5) is 5.69 Å². The van der Waals surface area contributed by atoms with Crippen molar-refractivity contribution >= 4 is 33.2 Å². The molecule has 3 rings (SSSR count). The molecule has 3 aromatic rings. The fourth-order valence-electron chi connectivity index (χ4n) is 3.49. The van der Waals surface area contributed by atoms with Gasteiger partial charge in [0.05, 0.1) is 10.6 Å². The fourth-order valence-corrected chi connectivity index (χ4v) is 5.53. The number of nitrogens with zero attached hydrogens (tertiary/aromatic N) is 3. The minimum absolute atomic E-state index is 0.117. The lowest BCUT2D eigenvalue weighted by Gasteiger charge is -2.16. The number of hydrogen-bond acceptors (Lipinski definition) is 6. The maximum atomic E-state index is 12.9. The van der Waals surface area contributed by atoms with E-state index in [0.29, 0.717) is 17.5 Å². The standard InChI is InChI=1S/C25H30N4O3S2/c1-6-14-29-22(16-34(31,32)20-12-10-18(4)11-13-20)27-28-25(29)33-15-23(30)26-24-19(5)8-7-9-21(24)17(2)3/h6-13,17H,1,14-16H2,2-5H3,(H,26,30). The smallest absolute Gasteiger partial charge is 0.234 e. The molecule has 0 fully saturated rings. The quantitative estimate of drug-likeness (QED) is 0.315. The Bertz CT molecular complexity index is 1280. The van der Waals surface area contributed by atoms with E-state index in [4.69, 9.17) is 0 Å². The molecule has 0 saturated heterocycles. The number of rotatable bonds is 10. The highest BCUT2D eigenvalue weighted by Crippen LogP contribution is 2.28. The number of amides is 1. The van der Waals surface area contributed by atoms with Crippen LogP contribution in [-0.4, -0.2) is 34.8 Å². The molecule has 0 radical (unpaired) electrons. The summed E-state index contributed by atoms with van der Waals surface area (Å²) in [4.78, 5) is 13.0. The molecule has 0 aliphatic carbocycles. The van der Waals surface area contributed by atoms with E-state index >= 15 is 0 Å². The van der Waals surface area contributed by atoms with Gasteiger partial charge in [0.25, 0.3) is 0 Å². The molecule has 34 heavy (non-hydrogen) atoms. The average molecular weight is 499 g/mol. The SMILES string of the molecule is C=CCn1c(CS(=O)(=O)c2ccc(C)cc2)nnc1SCC(=O)Nc1c(C)cccc1C(C)C. The monoisotopic (exact) mass is 498 g/mol. The van der Waals surface area contributed by atoms with Gasteiger partial charge in [0.1, 0.15) is 11.6 Å². The molecular formula is C25H30N4O3S2. The van der Waals surface area contributed by atoms with Crippen molar-refractivity contribution < 1.29 is 13.2 Å². The van der Waals surface area contributed by atoms with Crippen LogP contribution < -0.4 is 5.32 Å². The summed E-state index contributed by atoms with van der Waals surface area (Å²) < 4.78 is 27.5. The lowest BCUT2D eigenvalue weighted by Crippen LogP contribution is -2.17. The third kappa shape index (κ3) is 6.15. The van der Waals surface area contributed by atoms with E-state index < -0.39 is 9.84 Å². The van der Waals surface area contributed by atoms with Crippen LogP contribution in [0.25, 0.3) is 0 Å². The molecule has 180 valence electrons. The molecule has 0 unspecified atom stereocenters. The summed E-state index contributed by atoms with van der Waals surface area (Å²) in [5.41, 5.74) is 3.90. The molecule has 0 aliphatic rings. The van der Waals surface area contributed by atoms with Gasteiger partial charge in [0, 0.05) is 12.2 Å². The summed E-state index contributed by atoms with van der Waals surface area (Å²) in [6.45, 7) is 12.1. The van der Waals surface area contributed by atoms with E-state index in [-0.39, 0.29) is 28.2 Å². The van der Waals surface area contributed by atoms with Crippen molar-refractivity contribution in [1.82, 2.24) is 14.8 Å². The number of nitrogens with one attached hydrogen (secondary N) is 1. The normalized spacial score (nSPS) is 11.6. The van der Waals surface area contributed by atoms with Crippen LogP contribution in [0.2, 0.25) is 0 Å². The van der Waals surface area contributed by atoms with Gasteiger partial charge in [-0.15, -0.1) is 16.8 Å². The van der Waals surface area contributed by atoms with Crippen molar-refractivity contribution in [3.63, 3.8) is 0 Å². The Morgan fingerprint density at radius 2 is 1.85 bits per heavy atom. The van der Waals surface area contributed by atoms with Crippen LogP contribution in [0.1, 0.15) is 42.3 Å². The molecule has 0 aliphatic heterocycles. The number of sulfone groups is 1. The molecule has 7 nitrogen and oxygen atoms in total. The highest BCUT2D eigenvalue weighted by atomic mass is 32.2. The van der Waals surface area contributed by atoms with Crippen LogP contribution in [0.15, 0.2) is 65.2 Å². The molecule has 0 spiro atoms. The van der Waals surface area contributed by atoms with Crippen molar-refractivity contribution in [3.8, 4) is 0 Å². The highest BCUT2D eigenvalue weighted by Gasteiger charge is 2.22. The number of benzene rings is 2. The van der Waals surface area contributed by atoms with Gasteiger partial charge in [-0.3, -0.25) is 4.79 Å². The highest BCUT2D eigenvalue weighted by molar-refractivity contribution is 7.99. The Labute approximate surface area is 205 Å². The second kappa shape index (κ2) is 11.0. The number of aryl methyl sites for hydroxylation is 2. The first kappa shape index (κ1) is 25.7. The lowest BCUT2D eigenvalue weighted by atomic mass is 9.98. The van der Waals surface area contributed by atoms with Gasteiger partial charge in [-0.2, -0.15) is 0 Å². The van der Waals surface area contributed by atoms with Crippen molar-refractivity contribution in [3.05, 3.63) is 77.6 Å². The molecule has 1 N–H and O–H groups in total. The van der Waals surface area contributed by atoms with Crippen molar-refractivity contribution in [1.29, 1.82) is 0 Å². The second-order valence-electron chi connectivity index (χ2n) is 8.40. The molecule has 1 heterocycles. The van der Waals surface area contributed by atoms with E-state index in [1.54, 1.807) is 34.9 Å². The van der Waals surface area contributed by atoms with E-state index in [9.17, 15) is 13.2 Å². The zero-order valence-electron chi connectivity index (χ0n) is 19.9. The summed E-state index contributed by atoms with van der Waals surface area (Å²) in [6, 6.07) is 12.7. The zero-order valence-corrected chi connectivity index (χ0v) is 21.5. The molecule has 9 heteroatoms. The van der Waals surface area contributed by atoms with Gasteiger partial charge in [-0.1, -0.05) is 67.6 Å². The molecule has 2 aromatic carbocycles. The lowest BCUT2D eigenvalue weighted by molar-refractivity contribution is -0.113. The summed E-state index contributed by atoms with van der Waals surface area (Å²) in [5.74, 6) is 0.250. The van der Waals surface area contributed by atoms with Crippen molar-refractivity contribution in [2.75, 3.05) is 11.1 Å². The van der Waals surface area contributed by atoms with Crippen molar-refractivity contribution in [2.24, 2.45) is 0 Å². The summed E-state index contributed by atoms with van der Waals surface area (Å²) >= 11 is 1.21. The summed E-state index contributed by atoms with van der Waals surface area (Å²) in [7, 11) is -3.59. The minimum atomic E-state index is -3.59. The topological polar surface area (TPSA) is 93.9 Å². The maximum Gasteiger partial charge on any atom is 0.234 e. The number of carbonyl (C=O) groups is 1. The number of carbonyl (C=O) groups excluding carboxylic acids is 1. The average Bonchev–Trinajstić information content (AvgIpc) is 3.14. The van der Waals surface area contributed by atoms with E-state index in [1.165, 1.54) is 11.8 Å².